The van der Waals surface area contributed by atoms with Crippen LogP contribution in [0.1, 0.15) is 35.0 Å². The van der Waals surface area contributed by atoms with Gasteiger partial charge in [0.1, 0.15) is 0 Å². The van der Waals surface area contributed by atoms with Gasteiger partial charge in [-0.05, 0) is 54.4 Å². The molecule has 1 aliphatic heterocycles. The van der Waals surface area contributed by atoms with Crippen LogP contribution >= 0.6 is 0 Å². The maximum atomic E-state index is 13.7. The quantitative estimate of drug-likeness (QED) is 0.508. The third-order valence-electron chi connectivity index (χ3n) is 5.74. The normalized spacial score (nSPS) is 15.8. The monoisotopic (exact) mass is 485 g/mol. The SMILES string of the molecule is CCc1ccc(N2CC(C(=O)Nc3ccc(NC(=O)c4ccco4)cc3C(F)(F)F)CC2=O)cc1. The first-order valence-electron chi connectivity index (χ1n) is 10.9. The van der Waals surface area contributed by atoms with Crippen molar-refractivity contribution in [1.29, 1.82) is 0 Å². The van der Waals surface area contributed by atoms with Gasteiger partial charge in [0.15, 0.2) is 5.76 Å². The molecule has 10 heteroatoms. The predicted molar refractivity (Wildman–Crippen MR) is 123 cm³/mol. The first-order chi connectivity index (χ1) is 16.7. The van der Waals surface area contributed by atoms with E-state index >= 15 is 0 Å². The highest BCUT2D eigenvalue weighted by Crippen LogP contribution is 2.37. The summed E-state index contributed by atoms with van der Waals surface area (Å²) in [6.07, 6.45) is -2.80. The first kappa shape index (κ1) is 24.1. The molecule has 2 heterocycles. The minimum atomic E-state index is -4.80. The van der Waals surface area contributed by atoms with Crippen molar-refractivity contribution in [3.8, 4) is 0 Å². The molecular formula is C25H22F3N3O4. The van der Waals surface area contributed by atoms with Gasteiger partial charge in [-0.1, -0.05) is 19.1 Å². The van der Waals surface area contributed by atoms with Crippen LogP contribution in [0, 0.1) is 5.92 Å². The lowest BCUT2D eigenvalue weighted by atomic mass is 10.1. The molecule has 1 unspecified atom stereocenters. The van der Waals surface area contributed by atoms with Gasteiger partial charge < -0.3 is 20.0 Å². The highest BCUT2D eigenvalue weighted by Gasteiger charge is 2.38. The summed E-state index contributed by atoms with van der Waals surface area (Å²) < 4.78 is 46.1. The van der Waals surface area contributed by atoms with E-state index in [0.29, 0.717) is 5.69 Å². The molecule has 1 fully saturated rings. The average Bonchev–Trinajstić information content (AvgIpc) is 3.50. The van der Waals surface area contributed by atoms with Gasteiger partial charge in [-0.2, -0.15) is 13.2 Å². The molecule has 35 heavy (non-hydrogen) atoms. The summed E-state index contributed by atoms with van der Waals surface area (Å²) in [4.78, 5) is 38.8. The molecule has 0 radical (unpaired) electrons. The molecule has 2 N–H and O–H groups in total. The number of benzene rings is 2. The highest BCUT2D eigenvalue weighted by atomic mass is 19.4. The topological polar surface area (TPSA) is 91.7 Å². The Morgan fingerprint density at radius 2 is 1.83 bits per heavy atom. The van der Waals surface area contributed by atoms with E-state index in [1.807, 2.05) is 19.1 Å². The molecule has 0 saturated carbocycles. The fourth-order valence-electron chi connectivity index (χ4n) is 3.85. The lowest BCUT2D eigenvalue weighted by molar-refractivity contribution is -0.137. The van der Waals surface area contributed by atoms with E-state index in [1.165, 1.54) is 29.4 Å². The van der Waals surface area contributed by atoms with Crippen molar-refractivity contribution in [2.75, 3.05) is 22.1 Å². The second kappa shape index (κ2) is 9.65. The zero-order valence-electron chi connectivity index (χ0n) is 18.7. The summed E-state index contributed by atoms with van der Waals surface area (Å²) in [5.74, 6) is -2.55. The molecule has 1 atom stereocenters. The Labute approximate surface area is 198 Å². The van der Waals surface area contributed by atoms with Crippen molar-refractivity contribution in [2.24, 2.45) is 5.92 Å². The fourth-order valence-corrected chi connectivity index (χ4v) is 3.85. The lowest BCUT2D eigenvalue weighted by Gasteiger charge is -2.18. The Kier molecular flexibility index (Phi) is 6.63. The van der Waals surface area contributed by atoms with Gasteiger partial charge in [0.05, 0.1) is 23.4 Å². The highest BCUT2D eigenvalue weighted by molar-refractivity contribution is 6.04. The van der Waals surface area contributed by atoms with Crippen LogP contribution in [-0.2, 0) is 22.2 Å². The number of rotatable bonds is 6. The van der Waals surface area contributed by atoms with E-state index in [4.69, 9.17) is 4.42 Å². The van der Waals surface area contributed by atoms with Crippen LogP contribution in [0.15, 0.2) is 65.3 Å². The first-order valence-corrected chi connectivity index (χ1v) is 10.9. The Bertz CT molecular complexity index is 1240. The van der Waals surface area contributed by atoms with Crippen molar-refractivity contribution in [2.45, 2.75) is 25.9 Å². The summed E-state index contributed by atoms with van der Waals surface area (Å²) in [5, 5.41) is 4.64. The molecule has 2 aromatic carbocycles. The smallest absolute Gasteiger partial charge is 0.418 e. The second-order valence-electron chi connectivity index (χ2n) is 8.10. The summed E-state index contributed by atoms with van der Waals surface area (Å²) in [6.45, 7) is 2.07. The average molecular weight is 485 g/mol. The molecule has 0 aliphatic carbocycles. The molecule has 3 aromatic rings. The Morgan fingerprint density at radius 3 is 2.46 bits per heavy atom. The van der Waals surface area contributed by atoms with Gasteiger partial charge in [-0.15, -0.1) is 0 Å². The minimum Gasteiger partial charge on any atom is -0.459 e. The number of furan rings is 1. The van der Waals surface area contributed by atoms with E-state index < -0.39 is 35.2 Å². The zero-order chi connectivity index (χ0) is 25.2. The molecule has 0 bridgehead atoms. The second-order valence-corrected chi connectivity index (χ2v) is 8.10. The molecule has 1 saturated heterocycles. The molecule has 7 nitrogen and oxygen atoms in total. The summed E-state index contributed by atoms with van der Waals surface area (Å²) in [6, 6.07) is 13.2. The molecule has 4 rings (SSSR count). The van der Waals surface area contributed by atoms with Crippen LogP contribution in [-0.4, -0.2) is 24.3 Å². The number of hydrogen-bond acceptors (Lipinski definition) is 4. The predicted octanol–water partition coefficient (Wildman–Crippen LogP) is 5.10. The van der Waals surface area contributed by atoms with Crippen molar-refractivity contribution >= 4 is 34.8 Å². The number of aryl methyl sites for hydroxylation is 1. The number of nitrogens with one attached hydrogen (secondary N) is 2. The van der Waals surface area contributed by atoms with Gasteiger partial charge in [0.2, 0.25) is 11.8 Å². The van der Waals surface area contributed by atoms with Crippen LogP contribution in [0.2, 0.25) is 0 Å². The number of carbonyl (C=O) groups excluding carboxylic acids is 3. The Hall–Kier alpha value is -4.08. The van der Waals surface area contributed by atoms with Crippen molar-refractivity contribution in [1.82, 2.24) is 0 Å². The molecule has 1 aliphatic rings. The number of carbonyl (C=O) groups is 3. The summed E-state index contributed by atoms with van der Waals surface area (Å²) in [5.41, 5.74) is 0.0268. The van der Waals surface area contributed by atoms with Crippen LogP contribution in [0.5, 0.6) is 0 Å². The number of alkyl halides is 3. The van der Waals surface area contributed by atoms with Gasteiger partial charge in [0.25, 0.3) is 5.91 Å². The van der Waals surface area contributed by atoms with Crippen LogP contribution in [0.3, 0.4) is 0 Å². The van der Waals surface area contributed by atoms with E-state index in [9.17, 15) is 27.6 Å². The lowest BCUT2D eigenvalue weighted by Crippen LogP contribution is -2.28. The number of hydrogen-bond donors (Lipinski definition) is 2. The summed E-state index contributed by atoms with van der Waals surface area (Å²) in [7, 11) is 0. The molecule has 182 valence electrons. The Morgan fingerprint density at radius 1 is 1.09 bits per heavy atom. The van der Waals surface area contributed by atoms with Crippen LogP contribution in [0.25, 0.3) is 0 Å². The van der Waals surface area contributed by atoms with Gasteiger partial charge >= 0.3 is 6.18 Å². The van der Waals surface area contributed by atoms with Gasteiger partial charge in [-0.3, -0.25) is 14.4 Å². The van der Waals surface area contributed by atoms with E-state index in [0.717, 1.165) is 24.1 Å². The number of anilines is 3. The standard InChI is InChI=1S/C25H22F3N3O4/c1-2-15-5-8-18(9-6-15)31-14-16(12-22(31)32)23(33)30-20-10-7-17(13-19(20)25(26,27)28)29-24(34)21-4-3-11-35-21/h3-11,13,16H,2,12,14H2,1H3,(H,29,34)(H,30,33). The van der Waals surface area contributed by atoms with Crippen molar-refractivity contribution in [3.63, 3.8) is 0 Å². The largest absolute Gasteiger partial charge is 0.459 e. The van der Waals surface area contributed by atoms with Crippen molar-refractivity contribution in [3.05, 3.63) is 77.7 Å². The van der Waals surface area contributed by atoms with Crippen LogP contribution < -0.4 is 15.5 Å². The molecule has 1 aromatic heterocycles. The Balaban J connectivity index is 1.49. The third kappa shape index (κ3) is 5.37. The maximum absolute atomic E-state index is 13.7. The van der Waals surface area contributed by atoms with Gasteiger partial charge in [0, 0.05) is 24.3 Å². The van der Waals surface area contributed by atoms with E-state index in [1.54, 1.807) is 12.1 Å². The van der Waals surface area contributed by atoms with E-state index in [-0.39, 0.29) is 30.3 Å². The van der Waals surface area contributed by atoms with Crippen molar-refractivity contribution < 1.29 is 32.0 Å². The number of nitrogens with zero attached hydrogens (tertiary/aromatic N) is 1. The molecule has 3 amide bonds. The maximum Gasteiger partial charge on any atom is 0.418 e. The number of amides is 3. The minimum absolute atomic E-state index is 0.0595. The fraction of sp³-hybridized carbons (Fsp3) is 0.240. The van der Waals surface area contributed by atoms with Crippen LogP contribution in [0.4, 0.5) is 30.2 Å². The molecular weight excluding hydrogens is 463 g/mol. The third-order valence-corrected chi connectivity index (χ3v) is 5.74. The van der Waals surface area contributed by atoms with E-state index in [2.05, 4.69) is 10.6 Å². The molecule has 0 spiro atoms. The zero-order valence-corrected chi connectivity index (χ0v) is 18.7. The summed E-state index contributed by atoms with van der Waals surface area (Å²) >= 11 is 0. The van der Waals surface area contributed by atoms with Gasteiger partial charge in [-0.25, -0.2) is 0 Å². The number of halogens is 3.